The minimum atomic E-state index is -0.565. The van der Waals surface area contributed by atoms with Crippen molar-refractivity contribution in [1.82, 2.24) is 0 Å². The first-order chi connectivity index (χ1) is 13.2. The SMILES string of the molecule is COC(=O)c1cccc(-c2cccc3c2-c2ccccc2C3)c1C(=O)OC. The van der Waals surface area contributed by atoms with E-state index in [1.165, 1.54) is 25.3 Å². The summed E-state index contributed by atoms with van der Waals surface area (Å²) in [6.45, 7) is 0. The Kier molecular flexibility index (Phi) is 4.24. The van der Waals surface area contributed by atoms with E-state index in [1.54, 1.807) is 12.1 Å². The molecular weight excluding hydrogens is 340 g/mol. The zero-order valence-corrected chi connectivity index (χ0v) is 15.1. The fraction of sp³-hybridized carbons (Fsp3) is 0.130. The maximum atomic E-state index is 12.6. The van der Waals surface area contributed by atoms with Gasteiger partial charge in [-0.25, -0.2) is 9.59 Å². The van der Waals surface area contributed by atoms with Crippen LogP contribution in [-0.4, -0.2) is 26.2 Å². The molecule has 0 aromatic heterocycles. The third-order valence-corrected chi connectivity index (χ3v) is 4.97. The average molecular weight is 358 g/mol. The lowest BCUT2D eigenvalue weighted by Crippen LogP contribution is -2.13. The second-order valence-electron chi connectivity index (χ2n) is 6.38. The maximum Gasteiger partial charge on any atom is 0.339 e. The molecule has 3 aromatic carbocycles. The van der Waals surface area contributed by atoms with Gasteiger partial charge in [-0.05, 0) is 45.9 Å². The van der Waals surface area contributed by atoms with Crippen LogP contribution in [0.15, 0.2) is 60.7 Å². The summed E-state index contributed by atoms with van der Waals surface area (Å²) in [6.07, 6.45) is 0.851. The van der Waals surface area contributed by atoms with E-state index in [1.807, 2.05) is 30.3 Å². The predicted octanol–water partition coefficient (Wildman–Crippen LogP) is 4.50. The highest BCUT2D eigenvalue weighted by atomic mass is 16.5. The van der Waals surface area contributed by atoms with Crippen LogP contribution < -0.4 is 0 Å². The maximum absolute atomic E-state index is 12.6. The summed E-state index contributed by atoms with van der Waals surface area (Å²) < 4.78 is 9.84. The number of carbonyl (C=O) groups excluding carboxylic acids is 2. The Labute approximate surface area is 157 Å². The van der Waals surface area contributed by atoms with Crippen molar-refractivity contribution in [3.63, 3.8) is 0 Å². The Morgan fingerprint density at radius 2 is 1.33 bits per heavy atom. The third kappa shape index (κ3) is 2.70. The number of hydrogen-bond acceptors (Lipinski definition) is 4. The van der Waals surface area contributed by atoms with Crippen LogP contribution in [0.2, 0.25) is 0 Å². The van der Waals surface area contributed by atoms with E-state index < -0.39 is 11.9 Å². The van der Waals surface area contributed by atoms with Crippen LogP contribution in [0.3, 0.4) is 0 Å². The molecule has 3 aromatic rings. The molecule has 1 aliphatic carbocycles. The Balaban J connectivity index is 2.02. The van der Waals surface area contributed by atoms with E-state index in [0.29, 0.717) is 5.56 Å². The fourth-order valence-electron chi connectivity index (χ4n) is 3.79. The number of rotatable bonds is 3. The summed E-state index contributed by atoms with van der Waals surface area (Å²) in [4.78, 5) is 24.8. The highest BCUT2D eigenvalue weighted by Gasteiger charge is 2.27. The van der Waals surface area contributed by atoms with Crippen LogP contribution in [0.4, 0.5) is 0 Å². The van der Waals surface area contributed by atoms with Gasteiger partial charge in [0.05, 0.1) is 25.3 Å². The van der Waals surface area contributed by atoms with Crippen LogP contribution >= 0.6 is 0 Å². The lowest BCUT2D eigenvalue weighted by Gasteiger charge is -2.15. The highest BCUT2D eigenvalue weighted by Crippen LogP contribution is 2.44. The molecular formula is C23H18O4. The van der Waals surface area contributed by atoms with Crippen molar-refractivity contribution in [2.24, 2.45) is 0 Å². The molecule has 27 heavy (non-hydrogen) atoms. The molecule has 0 N–H and O–H groups in total. The monoisotopic (exact) mass is 358 g/mol. The number of carbonyl (C=O) groups is 2. The molecule has 1 aliphatic rings. The predicted molar refractivity (Wildman–Crippen MR) is 103 cm³/mol. The topological polar surface area (TPSA) is 52.6 Å². The van der Waals surface area contributed by atoms with E-state index >= 15 is 0 Å². The lowest BCUT2D eigenvalue weighted by molar-refractivity contribution is 0.0556. The molecule has 0 fully saturated rings. The largest absolute Gasteiger partial charge is 0.465 e. The van der Waals surface area contributed by atoms with Crippen molar-refractivity contribution in [2.45, 2.75) is 6.42 Å². The van der Waals surface area contributed by atoms with Crippen molar-refractivity contribution < 1.29 is 19.1 Å². The van der Waals surface area contributed by atoms with Crippen molar-refractivity contribution in [1.29, 1.82) is 0 Å². The molecule has 4 nitrogen and oxygen atoms in total. The Hall–Kier alpha value is -3.40. The molecule has 0 unspecified atom stereocenters. The summed E-state index contributed by atoms with van der Waals surface area (Å²) in [6, 6.07) is 19.5. The summed E-state index contributed by atoms with van der Waals surface area (Å²) in [5, 5.41) is 0. The van der Waals surface area contributed by atoms with Gasteiger partial charge in [0, 0.05) is 0 Å². The van der Waals surface area contributed by atoms with Crippen LogP contribution in [-0.2, 0) is 15.9 Å². The van der Waals surface area contributed by atoms with Crippen molar-refractivity contribution in [3.05, 3.63) is 82.9 Å². The molecule has 0 saturated heterocycles. The standard InChI is InChI=1S/C23H18O4/c1-26-22(24)19-12-6-11-18(21(19)23(25)27-2)17-10-5-8-15-13-14-7-3-4-9-16(14)20(15)17/h3-12H,13H2,1-2H3. The Bertz CT molecular complexity index is 1070. The van der Waals surface area contributed by atoms with Crippen LogP contribution in [0.25, 0.3) is 22.3 Å². The van der Waals surface area contributed by atoms with Gasteiger partial charge >= 0.3 is 11.9 Å². The van der Waals surface area contributed by atoms with E-state index in [-0.39, 0.29) is 11.1 Å². The highest BCUT2D eigenvalue weighted by molar-refractivity contribution is 6.09. The van der Waals surface area contributed by atoms with Crippen LogP contribution in [0, 0.1) is 0 Å². The van der Waals surface area contributed by atoms with Crippen molar-refractivity contribution in [3.8, 4) is 22.3 Å². The second kappa shape index (κ2) is 6.72. The van der Waals surface area contributed by atoms with Gasteiger partial charge in [0.1, 0.15) is 0 Å². The van der Waals surface area contributed by atoms with E-state index in [0.717, 1.165) is 23.1 Å². The van der Waals surface area contributed by atoms with Gasteiger partial charge in [0.25, 0.3) is 0 Å². The van der Waals surface area contributed by atoms with Gasteiger partial charge in [-0.3, -0.25) is 0 Å². The van der Waals surface area contributed by atoms with Gasteiger partial charge in [0.15, 0.2) is 0 Å². The number of fused-ring (bicyclic) bond motifs is 3. The molecule has 0 spiro atoms. The normalized spacial score (nSPS) is 11.5. The number of ether oxygens (including phenoxy) is 2. The molecule has 0 saturated carbocycles. The number of esters is 2. The fourth-order valence-corrected chi connectivity index (χ4v) is 3.79. The van der Waals surface area contributed by atoms with Crippen LogP contribution in [0.1, 0.15) is 31.8 Å². The zero-order valence-electron chi connectivity index (χ0n) is 15.1. The van der Waals surface area contributed by atoms with E-state index in [4.69, 9.17) is 9.47 Å². The Morgan fingerprint density at radius 1 is 0.704 bits per heavy atom. The van der Waals surface area contributed by atoms with Crippen molar-refractivity contribution >= 4 is 11.9 Å². The van der Waals surface area contributed by atoms with Crippen LogP contribution in [0.5, 0.6) is 0 Å². The molecule has 0 radical (unpaired) electrons. The first-order valence-corrected chi connectivity index (χ1v) is 8.66. The summed E-state index contributed by atoms with van der Waals surface area (Å²) in [5.41, 5.74) is 6.71. The number of hydrogen-bond donors (Lipinski definition) is 0. The second-order valence-corrected chi connectivity index (χ2v) is 6.38. The molecule has 0 amide bonds. The molecule has 0 aliphatic heterocycles. The third-order valence-electron chi connectivity index (χ3n) is 4.97. The van der Waals surface area contributed by atoms with Gasteiger partial charge < -0.3 is 9.47 Å². The van der Waals surface area contributed by atoms with Gasteiger partial charge in [-0.15, -0.1) is 0 Å². The van der Waals surface area contributed by atoms with E-state index in [9.17, 15) is 9.59 Å². The summed E-state index contributed by atoms with van der Waals surface area (Å²) >= 11 is 0. The van der Waals surface area contributed by atoms with Crippen molar-refractivity contribution in [2.75, 3.05) is 14.2 Å². The first kappa shape index (κ1) is 17.0. The summed E-state index contributed by atoms with van der Waals surface area (Å²) in [5.74, 6) is -1.12. The Morgan fingerprint density at radius 3 is 2.11 bits per heavy atom. The lowest BCUT2D eigenvalue weighted by atomic mass is 9.89. The minimum Gasteiger partial charge on any atom is -0.465 e. The smallest absolute Gasteiger partial charge is 0.339 e. The average Bonchev–Trinajstić information content (AvgIpc) is 3.10. The quantitative estimate of drug-likeness (QED) is 0.506. The molecule has 0 atom stereocenters. The zero-order chi connectivity index (χ0) is 19.0. The molecule has 134 valence electrons. The van der Waals surface area contributed by atoms with Gasteiger partial charge in [-0.2, -0.15) is 0 Å². The number of methoxy groups -OCH3 is 2. The molecule has 0 heterocycles. The summed E-state index contributed by atoms with van der Waals surface area (Å²) in [7, 11) is 2.61. The molecule has 4 heteroatoms. The minimum absolute atomic E-state index is 0.200. The molecule has 4 rings (SSSR count). The van der Waals surface area contributed by atoms with Gasteiger partial charge in [-0.1, -0.05) is 54.6 Å². The number of benzene rings is 3. The first-order valence-electron chi connectivity index (χ1n) is 8.66. The molecule has 0 bridgehead atoms. The van der Waals surface area contributed by atoms with Gasteiger partial charge in [0.2, 0.25) is 0 Å². The van der Waals surface area contributed by atoms with E-state index in [2.05, 4.69) is 18.2 Å².